The molecular weight excluding hydrogens is 242 g/mol. The zero-order valence-corrected chi connectivity index (χ0v) is 12.9. The van der Waals surface area contributed by atoms with Gasteiger partial charge in [-0.15, -0.1) is 0 Å². The highest BCUT2D eigenvalue weighted by molar-refractivity contribution is 7.98. The van der Waals surface area contributed by atoms with E-state index in [1.807, 2.05) is 11.8 Å². The van der Waals surface area contributed by atoms with Crippen molar-refractivity contribution in [3.05, 3.63) is 17.1 Å². The largest absolute Gasteiger partial charge is 0.370 e. The first-order chi connectivity index (χ1) is 8.72. The third-order valence-corrected chi connectivity index (χ3v) is 3.90. The van der Waals surface area contributed by atoms with Crippen molar-refractivity contribution in [1.82, 2.24) is 9.97 Å². The molecule has 0 aliphatic heterocycles. The quantitative estimate of drug-likeness (QED) is 0.727. The summed E-state index contributed by atoms with van der Waals surface area (Å²) in [6, 6.07) is 0. The Labute approximate surface area is 115 Å². The smallest absolute Gasteiger partial charge is 0.140 e. The van der Waals surface area contributed by atoms with Crippen LogP contribution in [0.3, 0.4) is 0 Å². The number of thioether (sulfide) groups is 1. The van der Waals surface area contributed by atoms with Crippen molar-refractivity contribution in [2.75, 3.05) is 17.6 Å². The summed E-state index contributed by atoms with van der Waals surface area (Å²) in [7, 11) is 0. The van der Waals surface area contributed by atoms with Gasteiger partial charge in [-0.25, -0.2) is 9.97 Å². The molecule has 3 nitrogen and oxygen atoms in total. The van der Waals surface area contributed by atoms with E-state index in [9.17, 15) is 0 Å². The van der Waals surface area contributed by atoms with E-state index < -0.39 is 0 Å². The molecule has 1 N–H and O–H groups in total. The molecule has 1 rings (SSSR count). The average molecular weight is 267 g/mol. The minimum Gasteiger partial charge on any atom is -0.370 e. The van der Waals surface area contributed by atoms with Crippen LogP contribution < -0.4 is 5.32 Å². The number of nitrogens with zero attached hydrogens (tertiary/aromatic N) is 2. The van der Waals surface area contributed by atoms with Gasteiger partial charge in [0.25, 0.3) is 0 Å². The Balaban J connectivity index is 2.83. The normalized spacial score (nSPS) is 10.7. The molecule has 18 heavy (non-hydrogen) atoms. The molecule has 0 radical (unpaired) electrons. The van der Waals surface area contributed by atoms with Crippen LogP contribution in [0, 0.1) is 6.92 Å². The minimum absolute atomic E-state index is 0.916. The van der Waals surface area contributed by atoms with Crippen LogP contribution in [0.2, 0.25) is 0 Å². The molecule has 0 amide bonds. The molecule has 0 aliphatic carbocycles. The predicted octanol–water partition coefficient (Wildman–Crippen LogP) is 3.81. The predicted molar refractivity (Wildman–Crippen MR) is 81.4 cm³/mol. The molecule has 0 unspecified atom stereocenters. The van der Waals surface area contributed by atoms with Crippen molar-refractivity contribution in [2.24, 2.45) is 0 Å². The summed E-state index contributed by atoms with van der Waals surface area (Å²) in [6.45, 7) is 9.60. The monoisotopic (exact) mass is 267 g/mol. The molecule has 1 aromatic heterocycles. The number of nitrogens with one attached hydrogen (secondary N) is 1. The number of hydrogen-bond acceptors (Lipinski definition) is 4. The molecule has 0 spiro atoms. The second-order valence-corrected chi connectivity index (χ2v) is 5.49. The third kappa shape index (κ3) is 4.48. The van der Waals surface area contributed by atoms with E-state index >= 15 is 0 Å². The van der Waals surface area contributed by atoms with Gasteiger partial charge in [-0.1, -0.05) is 20.8 Å². The Morgan fingerprint density at radius 3 is 2.50 bits per heavy atom. The summed E-state index contributed by atoms with van der Waals surface area (Å²) in [6.07, 6.45) is 3.31. The van der Waals surface area contributed by atoms with Crippen molar-refractivity contribution < 1.29 is 0 Å². The van der Waals surface area contributed by atoms with Crippen LogP contribution in [0.1, 0.15) is 50.7 Å². The lowest BCUT2D eigenvalue weighted by Gasteiger charge is -2.13. The van der Waals surface area contributed by atoms with Gasteiger partial charge < -0.3 is 5.32 Å². The topological polar surface area (TPSA) is 37.8 Å². The molecular formula is C14H25N3S. The summed E-state index contributed by atoms with van der Waals surface area (Å²) >= 11 is 1.91. The lowest BCUT2D eigenvalue weighted by Crippen LogP contribution is -2.10. The first-order valence-corrected chi connectivity index (χ1v) is 8.06. The van der Waals surface area contributed by atoms with Gasteiger partial charge >= 0.3 is 0 Å². The zero-order chi connectivity index (χ0) is 13.4. The number of anilines is 1. The second kappa shape index (κ2) is 8.35. The van der Waals surface area contributed by atoms with Gasteiger partial charge in [0.1, 0.15) is 11.6 Å². The van der Waals surface area contributed by atoms with E-state index in [0.717, 1.165) is 42.5 Å². The lowest BCUT2D eigenvalue weighted by atomic mass is 10.1. The molecule has 0 fully saturated rings. The van der Waals surface area contributed by atoms with Crippen LogP contribution in [0.5, 0.6) is 0 Å². The van der Waals surface area contributed by atoms with E-state index in [1.54, 1.807) is 0 Å². The van der Waals surface area contributed by atoms with Crippen LogP contribution in [-0.4, -0.2) is 22.3 Å². The van der Waals surface area contributed by atoms with Crippen LogP contribution >= 0.6 is 11.8 Å². The number of hydrogen-bond donors (Lipinski definition) is 1. The van der Waals surface area contributed by atoms with Gasteiger partial charge in [0.05, 0.1) is 5.75 Å². The Hall–Kier alpha value is -0.770. The SMILES string of the molecule is CCCNc1nc(CSCCC)nc(C)c1CC. The molecule has 102 valence electrons. The molecule has 0 bridgehead atoms. The molecule has 0 aromatic carbocycles. The van der Waals surface area contributed by atoms with Gasteiger partial charge in [0.2, 0.25) is 0 Å². The molecule has 0 saturated heterocycles. The maximum Gasteiger partial charge on any atom is 0.140 e. The Kier molecular flexibility index (Phi) is 7.09. The van der Waals surface area contributed by atoms with E-state index in [1.165, 1.54) is 17.7 Å². The van der Waals surface area contributed by atoms with E-state index in [-0.39, 0.29) is 0 Å². The highest BCUT2D eigenvalue weighted by Gasteiger charge is 2.09. The van der Waals surface area contributed by atoms with Gasteiger partial charge in [0, 0.05) is 17.8 Å². The molecule has 0 aliphatic rings. The van der Waals surface area contributed by atoms with E-state index in [2.05, 4.69) is 43.0 Å². The average Bonchev–Trinajstić information content (AvgIpc) is 2.36. The van der Waals surface area contributed by atoms with Crippen LogP contribution in [0.4, 0.5) is 5.82 Å². The Morgan fingerprint density at radius 2 is 1.89 bits per heavy atom. The maximum absolute atomic E-state index is 4.67. The van der Waals surface area contributed by atoms with Crippen LogP contribution in [-0.2, 0) is 12.2 Å². The van der Waals surface area contributed by atoms with Crippen molar-refractivity contribution in [3.8, 4) is 0 Å². The van der Waals surface area contributed by atoms with Crippen molar-refractivity contribution in [3.63, 3.8) is 0 Å². The van der Waals surface area contributed by atoms with Crippen LogP contribution in [0.15, 0.2) is 0 Å². The molecule has 0 saturated carbocycles. The third-order valence-electron chi connectivity index (χ3n) is 2.74. The molecule has 4 heteroatoms. The number of rotatable bonds is 8. The Morgan fingerprint density at radius 1 is 1.11 bits per heavy atom. The molecule has 1 aromatic rings. The first-order valence-electron chi connectivity index (χ1n) is 6.90. The zero-order valence-electron chi connectivity index (χ0n) is 12.0. The summed E-state index contributed by atoms with van der Waals surface area (Å²) < 4.78 is 0. The van der Waals surface area contributed by atoms with Gasteiger partial charge in [-0.2, -0.15) is 11.8 Å². The molecule has 1 heterocycles. The van der Waals surface area contributed by atoms with Gasteiger partial charge in [-0.3, -0.25) is 0 Å². The van der Waals surface area contributed by atoms with Crippen molar-refractivity contribution >= 4 is 17.6 Å². The van der Waals surface area contributed by atoms with Crippen molar-refractivity contribution in [2.45, 2.75) is 52.7 Å². The Bertz CT molecular complexity index is 366. The first kappa shape index (κ1) is 15.3. The van der Waals surface area contributed by atoms with Gasteiger partial charge in [-0.05, 0) is 31.9 Å². The van der Waals surface area contributed by atoms with Crippen LogP contribution in [0.25, 0.3) is 0 Å². The number of aryl methyl sites for hydroxylation is 1. The highest BCUT2D eigenvalue weighted by atomic mass is 32.2. The van der Waals surface area contributed by atoms with E-state index in [0.29, 0.717) is 0 Å². The second-order valence-electron chi connectivity index (χ2n) is 4.39. The molecule has 0 atom stereocenters. The lowest BCUT2D eigenvalue weighted by molar-refractivity contribution is 0.907. The summed E-state index contributed by atoms with van der Waals surface area (Å²) in [5, 5.41) is 3.43. The fourth-order valence-corrected chi connectivity index (χ4v) is 2.58. The minimum atomic E-state index is 0.916. The number of aromatic nitrogens is 2. The fraction of sp³-hybridized carbons (Fsp3) is 0.714. The maximum atomic E-state index is 4.67. The fourth-order valence-electron chi connectivity index (χ4n) is 1.84. The highest BCUT2D eigenvalue weighted by Crippen LogP contribution is 2.19. The summed E-state index contributed by atoms with van der Waals surface area (Å²) in [4.78, 5) is 9.28. The van der Waals surface area contributed by atoms with Crippen molar-refractivity contribution in [1.29, 1.82) is 0 Å². The van der Waals surface area contributed by atoms with Gasteiger partial charge in [0.15, 0.2) is 0 Å². The summed E-state index contributed by atoms with van der Waals surface area (Å²) in [5.41, 5.74) is 2.38. The summed E-state index contributed by atoms with van der Waals surface area (Å²) in [5.74, 6) is 4.09. The van der Waals surface area contributed by atoms with E-state index in [4.69, 9.17) is 0 Å². The standard InChI is InChI=1S/C14H25N3S/c1-5-8-15-14-12(7-3)11(4)16-13(17-14)10-18-9-6-2/h5-10H2,1-4H3,(H,15,16,17).